The Balaban J connectivity index is 0.000000392. The number of esters is 3. The number of Topliss-reactive ketones (excluding diaryl/α,β-unsaturated/α-hetero) is 6. The molecule has 0 radical (unpaired) electrons. The van der Waals surface area contributed by atoms with Crippen molar-refractivity contribution < 1.29 is 144 Å². The van der Waals surface area contributed by atoms with E-state index in [1.54, 1.807) is 178 Å². The smallest absolute Gasteiger partial charge is 0.312 e. The summed E-state index contributed by atoms with van der Waals surface area (Å²) in [5, 5.41) is 34.1. The van der Waals surface area contributed by atoms with Gasteiger partial charge in [0.1, 0.15) is 38.2 Å². The maximum Gasteiger partial charge on any atom is 0.312 e. The van der Waals surface area contributed by atoms with E-state index >= 15 is 0 Å². The topological polar surface area (TPSA) is 624 Å². The van der Waals surface area contributed by atoms with Crippen molar-refractivity contribution in [3.05, 3.63) is 137 Å². The van der Waals surface area contributed by atoms with E-state index in [4.69, 9.17) is 35.5 Å². The van der Waals surface area contributed by atoms with Gasteiger partial charge in [0.15, 0.2) is 28.9 Å². The number of carbonyl (C=O) groups is 24. The molecule has 4 aliphatic rings. The number of benzene rings is 3. The third kappa shape index (κ3) is 41.8. The first-order valence-electron chi connectivity index (χ1n) is 49.3. The molecular weight excluding hydrogens is 1920 g/mol. The number of hydrogen-bond acceptors (Lipinski definition) is 28. The zero-order valence-electron chi connectivity index (χ0n) is 87.4. The van der Waals surface area contributed by atoms with Crippen molar-refractivity contribution in [1.29, 1.82) is 0 Å². The predicted molar refractivity (Wildman–Crippen MR) is 536 cm³/mol. The summed E-state index contributed by atoms with van der Waals surface area (Å²) in [5.41, 5.74) is 13.1. The van der Waals surface area contributed by atoms with Crippen LogP contribution >= 0.6 is 0 Å². The summed E-state index contributed by atoms with van der Waals surface area (Å²) in [5.74, 6) is -16.9. The highest BCUT2D eigenvalue weighted by Gasteiger charge is 2.48. The van der Waals surface area contributed by atoms with Crippen LogP contribution in [-0.2, 0) is 164 Å². The molecule has 0 aromatic heterocycles. The number of nitrogens with two attached hydrogens (primary N) is 2. The maximum atomic E-state index is 13.7. The van der Waals surface area contributed by atoms with Crippen molar-refractivity contribution in [2.75, 3.05) is 51.8 Å². The van der Waals surface area contributed by atoms with Crippen molar-refractivity contribution in [3.63, 3.8) is 0 Å². The number of imide groups is 3. The van der Waals surface area contributed by atoms with Crippen LogP contribution in [0.1, 0.15) is 234 Å². The minimum absolute atomic E-state index is 0.0157. The molecule has 42 heteroatoms. The van der Waals surface area contributed by atoms with E-state index in [1.165, 1.54) is 12.0 Å². The number of unbranched alkanes of at least 4 members (excludes halogenated alkanes) is 1. The van der Waals surface area contributed by atoms with Crippen molar-refractivity contribution in [3.8, 4) is 0 Å². The van der Waals surface area contributed by atoms with Gasteiger partial charge in [0.2, 0.25) is 29.5 Å². The standard InChI is InChI=1S/C37H51N5O10.C37H50N4O11.C32H43N3O9/c1-22(2)27(18-26(43)19-41-25(21-51-6)17-29(34(41)48)42-31(45)13-14-32(42)46)33(47)40-28(8-7-15-39-36(38)50)30(44)16-23-9-11-24(12-10-23)20-52-35(49)37(3,4)5;1-22(2)27(19-29(43)25(12-15-33(47)48)18-26(42)20-41-31(45)13-14-32(41)46)34(49)40-28(7-6-16-39-36(38)51)30(44)17-23-8-10-24(11-9-23)21-52-35(50)37(3,4)5;1-19(2)29(34-25(37)17-35-26(38)13-14-27(35)39)24(36)15-20(3)30(42)33-23-12-11-22(18-44-31(43)32(4,5)6)21(16-23)9-7-8-10-28(40)41/h9-14,22,25,27-29H,7-8,15-21H2,1-6H3,(H,40,47)(H3,38,39,50);8-11,13-14,22,25,27-28H,6-7,12,15-21H2,1-5H3,(H,40,49)(H,47,48)(H3,38,39,51);11-14,16,19-20,29H,7-10,15,17-18H2,1-6H3,(H,33,42)(H,34,37)(H,40,41)/t25-,27-,28-,29-;25-,27+,28+;20-,29+/m011/s1. The van der Waals surface area contributed by atoms with Gasteiger partial charge >= 0.3 is 41.9 Å². The van der Waals surface area contributed by atoms with Gasteiger partial charge in [0.25, 0.3) is 35.4 Å². The summed E-state index contributed by atoms with van der Waals surface area (Å²) in [6.45, 7) is 26.9. The largest absolute Gasteiger partial charge is 0.481 e. The number of primary amides is 2. The number of ether oxygens (including phenoxy) is 4. The average molecular weight is 2070 g/mol. The number of nitrogens with zero attached hydrogens (tertiary/aromatic N) is 4. The Labute approximate surface area is 861 Å². The molecular formula is C106H144N12O30. The highest BCUT2D eigenvalue weighted by atomic mass is 16.5. The van der Waals surface area contributed by atoms with E-state index in [0.717, 1.165) is 73.4 Å². The third-order valence-corrected chi connectivity index (χ3v) is 24.5. The molecule has 1 fully saturated rings. The Bertz CT molecular complexity index is 5390. The summed E-state index contributed by atoms with van der Waals surface area (Å²) in [6, 6.07) is 13.1. The molecule has 7 rings (SSSR count). The minimum Gasteiger partial charge on any atom is -0.481 e. The first kappa shape index (κ1) is 124. The fourth-order valence-corrected chi connectivity index (χ4v) is 15.8. The molecule has 0 bridgehead atoms. The summed E-state index contributed by atoms with van der Waals surface area (Å²) in [7, 11) is 1.44. The number of likely N-dealkylation sites (tertiary alicyclic amines) is 1. The normalized spacial score (nSPS) is 15.9. The predicted octanol–water partition coefficient (Wildman–Crippen LogP) is 7.18. The molecule has 3 aromatic carbocycles. The van der Waals surface area contributed by atoms with Gasteiger partial charge in [-0.1, -0.05) is 103 Å². The molecule has 0 spiro atoms. The summed E-state index contributed by atoms with van der Waals surface area (Å²) < 4.78 is 21.4. The van der Waals surface area contributed by atoms with Crippen LogP contribution in [0.25, 0.3) is 0 Å². The molecule has 0 unspecified atom stereocenters. The van der Waals surface area contributed by atoms with Crippen LogP contribution in [0.4, 0.5) is 15.3 Å². The molecule has 0 aliphatic carbocycles. The number of carboxylic acid groups (broad SMARTS) is 2. The number of ketones is 6. The van der Waals surface area contributed by atoms with E-state index in [1.807, 2.05) is 0 Å². The Morgan fingerprint density at radius 2 is 0.865 bits per heavy atom. The Kier molecular flexibility index (Phi) is 49.2. The van der Waals surface area contributed by atoms with Gasteiger partial charge in [-0.05, 0) is 177 Å². The van der Waals surface area contributed by atoms with Gasteiger partial charge in [-0.3, -0.25) is 120 Å². The highest BCUT2D eigenvalue weighted by molar-refractivity contribution is 6.17. The minimum atomic E-state index is -1.19. The summed E-state index contributed by atoms with van der Waals surface area (Å²) in [6.07, 6.45) is 7.13. The van der Waals surface area contributed by atoms with Crippen LogP contribution in [-0.4, -0.2) is 248 Å². The highest BCUT2D eigenvalue weighted by Crippen LogP contribution is 2.32. The fraction of sp³-hybridized carbons (Fsp3) is 0.547. The molecule has 4 aliphatic heterocycles. The van der Waals surface area contributed by atoms with Gasteiger partial charge in [-0.25, -0.2) is 9.59 Å². The molecule has 148 heavy (non-hydrogen) atoms. The summed E-state index contributed by atoms with van der Waals surface area (Å²) >= 11 is 0. The van der Waals surface area contributed by atoms with Crippen LogP contribution in [0.3, 0.4) is 0 Å². The number of amides is 15. The molecule has 4 heterocycles. The van der Waals surface area contributed by atoms with Gasteiger partial charge in [-0.15, -0.1) is 0 Å². The van der Waals surface area contributed by atoms with Crippen LogP contribution in [0.15, 0.2) is 103 Å². The Morgan fingerprint density at radius 1 is 0.439 bits per heavy atom. The average Bonchev–Trinajstić information content (AvgIpc) is 1.63. The van der Waals surface area contributed by atoms with E-state index in [9.17, 15) is 120 Å². The number of rotatable bonds is 57. The number of aliphatic carboxylic acids is 2. The number of aryl methyl sites for hydroxylation is 1. The number of carbonyl (C=O) groups excluding carboxylic acids is 22. The lowest BCUT2D eigenvalue weighted by molar-refractivity contribution is -0.155. The van der Waals surface area contributed by atoms with Crippen LogP contribution < -0.4 is 43.4 Å². The second-order valence-corrected chi connectivity index (χ2v) is 41.2. The number of nitrogens with one attached hydrogen (secondary N) is 6. The van der Waals surface area contributed by atoms with Gasteiger partial charge < -0.3 is 77.4 Å². The first-order valence-corrected chi connectivity index (χ1v) is 49.3. The fourth-order valence-electron chi connectivity index (χ4n) is 15.8. The molecule has 3 aromatic rings. The lowest BCUT2D eigenvalue weighted by Crippen LogP contribution is -2.49. The first-order chi connectivity index (χ1) is 69.2. The molecule has 12 N–H and O–H groups in total. The second kappa shape index (κ2) is 58.8. The lowest BCUT2D eigenvalue weighted by Gasteiger charge is -2.27. The van der Waals surface area contributed by atoms with E-state index < -0.39 is 208 Å². The quantitative estimate of drug-likeness (QED) is 0.0116. The number of carboxylic acids is 2. The molecule has 42 nitrogen and oxygen atoms in total. The van der Waals surface area contributed by atoms with Crippen LogP contribution in [0.2, 0.25) is 0 Å². The van der Waals surface area contributed by atoms with Crippen molar-refractivity contribution in [2.45, 2.75) is 270 Å². The third-order valence-electron chi connectivity index (χ3n) is 24.5. The van der Waals surface area contributed by atoms with Gasteiger partial charge in [-0.2, -0.15) is 0 Å². The number of urea groups is 2. The number of anilines is 1. The van der Waals surface area contributed by atoms with Gasteiger partial charge in [0, 0.05) is 144 Å². The summed E-state index contributed by atoms with van der Waals surface area (Å²) in [4.78, 5) is 303. The number of hydrogen-bond donors (Lipinski definition) is 10. The van der Waals surface area contributed by atoms with E-state index in [-0.39, 0.29) is 157 Å². The molecule has 15 amide bonds. The second-order valence-electron chi connectivity index (χ2n) is 41.2. The Morgan fingerprint density at radius 3 is 1.29 bits per heavy atom. The number of methoxy groups -OCH3 is 1. The maximum absolute atomic E-state index is 13.7. The Hall–Kier alpha value is -14.5. The molecule has 1 saturated heterocycles. The van der Waals surface area contributed by atoms with Crippen molar-refractivity contribution in [2.24, 2.45) is 69.1 Å². The van der Waals surface area contributed by atoms with Crippen molar-refractivity contribution in [1.82, 2.24) is 46.2 Å². The molecule has 9 atom stereocenters. The lowest BCUT2D eigenvalue weighted by atomic mass is 9.83. The van der Waals surface area contributed by atoms with E-state index in [2.05, 4.69) is 31.9 Å². The molecule has 0 saturated carbocycles. The van der Waals surface area contributed by atoms with Crippen LogP contribution in [0.5, 0.6) is 0 Å². The molecule has 808 valence electrons. The van der Waals surface area contributed by atoms with Crippen LogP contribution in [0, 0.1) is 57.7 Å². The monoisotopic (exact) mass is 2070 g/mol. The zero-order chi connectivity index (χ0) is 111. The van der Waals surface area contributed by atoms with Gasteiger partial charge in [0.05, 0.1) is 60.1 Å². The van der Waals surface area contributed by atoms with E-state index in [0.29, 0.717) is 48.9 Å². The van der Waals surface area contributed by atoms with Crippen molar-refractivity contribution >= 4 is 147 Å². The zero-order valence-corrected chi connectivity index (χ0v) is 87.4. The SMILES string of the molecule is CC(C)[C@H](CC(=O)[C@H](CCC(=O)O)CC(=O)CN1C(=O)C=CC1=O)C(=O)N[C@@H](CCCNC(N)=O)C(=O)Cc1ccc(COC(=O)C(C)(C)C)cc1.CC(C)[C@H](NC(=O)CN1C(=O)C=CC1=O)C(=O)C[C@@H](C)C(=O)Nc1ccc(COC(=O)C(C)(C)C)c(CCCCC(=O)O)c1.COC[C@@H]1C[C@H](N2C(=O)C=CC2=O)C(=O)N1CC(=O)C[C@H](C(=O)N[C@@H](CCCNC(N)=O)C(=O)Cc1ccc(COC(=O)C(C)(C)C)cc1)C(C)C.